The average molecular weight is 441 g/mol. The Hall–Kier alpha value is -3.33. The second-order valence-corrected chi connectivity index (χ2v) is 7.01. The number of nitrogens with zero attached hydrogens (tertiary/aromatic N) is 1. The molecule has 30 heavy (non-hydrogen) atoms. The lowest BCUT2D eigenvalue weighted by Crippen LogP contribution is -2.14. The van der Waals surface area contributed by atoms with Crippen molar-refractivity contribution in [2.24, 2.45) is 0 Å². The van der Waals surface area contributed by atoms with Crippen LogP contribution in [0.4, 0.5) is 10.1 Å². The molecule has 0 fully saturated rings. The fourth-order valence-corrected chi connectivity index (χ4v) is 3.21. The Balaban J connectivity index is 1.79. The summed E-state index contributed by atoms with van der Waals surface area (Å²) in [6, 6.07) is 20.0. The van der Waals surface area contributed by atoms with E-state index < -0.39 is 11.7 Å². The predicted molar refractivity (Wildman–Crippen MR) is 116 cm³/mol. The standard InChI is InChI=1S/C23H15Cl2FN2O2/c24-18-11-16(12-19(25)22(18)30-14-15-6-2-1-3-7-15)10-17(13-27)23(29)28-21-9-5-4-8-20(21)26/h1-12H,14H2,(H,28,29)/b17-10-. The number of benzene rings is 3. The SMILES string of the molecule is N#C/C(=C/c1cc(Cl)c(OCc2ccccc2)c(Cl)c1)C(=O)Nc1ccccc1F. The summed E-state index contributed by atoms with van der Waals surface area (Å²) < 4.78 is 19.4. The topological polar surface area (TPSA) is 62.1 Å². The van der Waals surface area contributed by atoms with Crippen LogP contribution in [0.1, 0.15) is 11.1 Å². The van der Waals surface area contributed by atoms with E-state index >= 15 is 0 Å². The van der Waals surface area contributed by atoms with Crippen LogP contribution in [0.25, 0.3) is 6.08 Å². The number of rotatable bonds is 6. The summed E-state index contributed by atoms with van der Waals surface area (Å²) in [4.78, 5) is 12.3. The van der Waals surface area contributed by atoms with Gasteiger partial charge in [-0.1, -0.05) is 65.7 Å². The van der Waals surface area contributed by atoms with E-state index in [0.29, 0.717) is 11.3 Å². The van der Waals surface area contributed by atoms with E-state index in [-0.39, 0.29) is 27.9 Å². The van der Waals surface area contributed by atoms with E-state index in [1.54, 1.807) is 12.1 Å². The van der Waals surface area contributed by atoms with E-state index in [2.05, 4.69) is 5.32 Å². The van der Waals surface area contributed by atoms with Crippen LogP contribution in [0, 0.1) is 17.1 Å². The Morgan fingerprint density at radius 1 is 1.07 bits per heavy atom. The molecule has 0 atom stereocenters. The molecule has 0 aliphatic rings. The van der Waals surface area contributed by atoms with Gasteiger partial charge in [0, 0.05) is 0 Å². The molecular weight excluding hydrogens is 426 g/mol. The third-order valence-electron chi connectivity index (χ3n) is 4.04. The van der Waals surface area contributed by atoms with Gasteiger partial charge in [-0.3, -0.25) is 4.79 Å². The molecule has 3 aromatic rings. The van der Waals surface area contributed by atoms with E-state index in [1.807, 2.05) is 30.3 Å². The van der Waals surface area contributed by atoms with Crippen molar-refractivity contribution in [3.05, 3.63) is 99.3 Å². The molecule has 7 heteroatoms. The summed E-state index contributed by atoms with van der Waals surface area (Å²) >= 11 is 12.6. The van der Waals surface area contributed by atoms with Crippen molar-refractivity contribution < 1.29 is 13.9 Å². The number of anilines is 1. The number of para-hydroxylation sites is 1. The molecule has 0 heterocycles. The number of nitrogens with one attached hydrogen (secondary N) is 1. The van der Waals surface area contributed by atoms with Crippen LogP contribution in [0.3, 0.4) is 0 Å². The van der Waals surface area contributed by atoms with Gasteiger partial charge in [-0.25, -0.2) is 4.39 Å². The second-order valence-electron chi connectivity index (χ2n) is 6.19. The van der Waals surface area contributed by atoms with Crippen molar-refractivity contribution >= 4 is 40.9 Å². The van der Waals surface area contributed by atoms with Gasteiger partial charge >= 0.3 is 0 Å². The van der Waals surface area contributed by atoms with Gasteiger partial charge < -0.3 is 10.1 Å². The van der Waals surface area contributed by atoms with Crippen molar-refractivity contribution in [3.8, 4) is 11.8 Å². The summed E-state index contributed by atoms with van der Waals surface area (Å²) in [6.07, 6.45) is 1.31. The van der Waals surface area contributed by atoms with Gasteiger partial charge in [-0.2, -0.15) is 5.26 Å². The highest BCUT2D eigenvalue weighted by molar-refractivity contribution is 6.37. The molecule has 0 aromatic heterocycles. The monoisotopic (exact) mass is 440 g/mol. The number of halogens is 3. The highest BCUT2D eigenvalue weighted by atomic mass is 35.5. The number of hydrogen-bond acceptors (Lipinski definition) is 3. The minimum Gasteiger partial charge on any atom is -0.486 e. The quantitative estimate of drug-likeness (QED) is 0.363. The molecule has 0 aliphatic heterocycles. The molecular formula is C23H15Cl2FN2O2. The Kier molecular flexibility index (Phi) is 7.08. The molecule has 3 rings (SSSR count). The maximum atomic E-state index is 13.7. The number of amides is 1. The first kappa shape index (κ1) is 21.4. The highest BCUT2D eigenvalue weighted by Gasteiger charge is 2.14. The van der Waals surface area contributed by atoms with Gasteiger partial charge in [0.15, 0.2) is 5.75 Å². The van der Waals surface area contributed by atoms with Crippen LogP contribution >= 0.6 is 23.2 Å². The molecule has 0 aliphatic carbocycles. The molecule has 1 amide bonds. The van der Waals surface area contributed by atoms with Gasteiger partial charge in [0.25, 0.3) is 5.91 Å². The van der Waals surface area contributed by atoms with Crippen molar-refractivity contribution in [2.75, 3.05) is 5.32 Å². The third-order valence-corrected chi connectivity index (χ3v) is 4.61. The van der Waals surface area contributed by atoms with Crippen LogP contribution < -0.4 is 10.1 Å². The summed E-state index contributed by atoms with van der Waals surface area (Å²) in [5.74, 6) is -1.05. The van der Waals surface area contributed by atoms with E-state index in [1.165, 1.54) is 36.4 Å². The van der Waals surface area contributed by atoms with Crippen LogP contribution in [0.15, 0.2) is 72.3 Å². The van der Waals surface area contributed by atoms with Crippen molar-refractivity contribution in [1.29, 1.82) is 5.26 Å². The average Bonchev–Trinajstić information content (AvgIpc) is 2.73. The zero-order valence-corrected chi connectivity index (χ0v) is 17.0. The van der Waals surface area contributed by atoms with Gasteiger partial charge in [-0.05, 0) is 41.5 Å². The first-order valence-electron chi connectivity index (χ1n) is 8.81. The maximum absolute atomic E-state index is 13.7. The van der Waals surface area contributed by atoms with Gasteiger partial charge in [0.1, 0.15) is 24.1 Å². The zero-order chi connectivity index (χ0) is 21.5. The van der Waals surface area contributed by atoms with E-state index in [0.717, 1.165) is 5.56 Å². The molecule has 0 bridgehead atoms. The minimum atomic E-state index is -0.751. The molecule has 0 spiro atoms. The lowest BCUT2D eigenvalue weighted by molar-refractivity contribution is -0.112. The Morgan fingerprint density at radius 3 is 2.33 bits per heavy atom. The summed E-state index contributed by atoms with van der Waals surface area (Å²) in [5, 5.41) is 12.2. The number of carbonyl (C=O) groups excluding carboxylic acids is 1. The summed E-state index contributed by atoms with van der Waals surface area (Å²) in [6.45, 7) is 0.282. The summed E-state index contributed by atoms with van der Waals surface area (Å²) in [7, 11) is 0. The molecule has 0 saturated carbocycles. The van der Waals surface area contributed by atoms with Gasteiger partial charge in [0.2, 0.25) is 0 Å². The van der Waals surface area contributed by atoms with Crippen molar-refractivity contribution in [2.45, 2.75) is 6.61 Å². The molecule has 3 aromatic carbocycles. The maximum Gasteiger partial charge on any atom is 0.266 e. The normalized spacial score (nSPS) is 10.9. The fourth-order valence-electron chi connectivity index (χ4n) is 2.60. The van der Waals surface area contributed by atoms with Crippen molar-refractivity contribution in [3.63, 3.8) is 0 Å². The molecule has 0 saturated heterocycles. The Morgan fingerprint density at radius 2 is 1.70 bits per heavy atom. The van der Waals surface area contributed by atoms with Gasteiger partial charge in [0.05, 0.1) is 15.7 Å². The van der Waals surface area contributed by atoms with Crippen LogP contribution in [0.5, 0.6) is 5.75 Å². The minimum absolute atomic E-state index is 0.0237. The van der Waals surface area contributed by atoms with Crippen molar-refractivity contribution in [1.82, 2.24) is 0 Å². The molecule has 0 radical (unpaired) electrons. The number of hydrogen-bond donors (Lipinski definition) is 1. The first-order valence-corrected chi connectivity index (χ1v) is 9.57. The summed E-state index contributed by atoms with van der Waals surface area (Å²) in [5.41, 5.74) is 1.12. The Labute approximate surface area is 183 Å². The number of ether oxygens (including phenoxy) is 1. The largest absolute Gasteiger partial charge is 0.486 e. The molecule has 1 N–H and O–H groups in total. The lowest BCUT2D eigenvalue weighted by Gasteiger charge is -2.11. The predicted octanol–water partition coefficient (Wildman–Crippen LogP) is 6.26. The third kappa shape index (κ3) is 5.38. The van der Waals surface area contributed by atoms with Crippen LogP contribution in [0.2, 0.25) is 10.0 Å². The molecule has 4 nitrogen and oxygen atoms in total. The Bertz CT molecular complexity index is 1120. The van der Waals surface area contributed by atoms with Crippen LogP contribution in [-0.4, -0.2) is 5.91 Å². The van der Waals surface area contributed by atoms with E-state index in [4.69, 9.17) is 27.9 Å². The first-order chi connectivity index (χ1) is 14.5. The second kappa shape index (κ2) is 9.93. The number of nitriles is 1. The van der Waals surface area contributed by atoms with E-state index in [9.17, 15) is 14.4 Å². The smallest absolute Gasteiger partial charge is 0.266 e. The van der Waals surface area contributed by atoms with Crippen LogP contribution in [-0.2, 0) is 11.4 Å². The number of carbonyl (C=O) groups is 1. The fraction of sp³-hybridized carbons (Fsp3) is 0.0435. The molecule has 0 unspecified atom stereocenters. The lowest BCUT2D eigenvalue weighted by atomic mass is 10.1. The highest BCUT2D eigenvalue weighted by Crippen LogP contribution is 2.35. The van der Waals surface area contributed by atoms with Gasteiger partial charge in [-0.15, -0.1) is 0 Å². The zero-order valence-electron chi connectivity index (χ0n) is 15.5. The molecule has 150 valence electrons.